The van der Waals surface area contributed by atoms with Crippen LogP contribution in [0.25, 0.3) is 0 Å². The second kappa shape index (κ2) is 11.3. The highest BCUT2D eigenvalue weighted by Crippen LogP contribution is 2.35. The maximum absolute atomic E-state index is 5.22. The second-order valence-electron chi connectivity index (χ2n) is 6.61. The molecule has 0 saturated heterocycles. The first-order valence-electron chi connectivity index (χ1n) is 8.77. The van der Waals surface area contributed by atoms with Gasteiger partial charge in [0.05, 0.1) is 12.9 Å². The first-order chi connectivity index (χ1) is 10.8. The molecule has 1 atom stereocenters. The summed E-state index contributed by atoms with van der Waals surface area (Å²) in [4.78, 5) is 0. The lowest BCUT2D eigenvalue weighted by atomic mass is 9.78. The van der Waals surface area contributed by atoms with Crippen molar-refractivity contribution in [2.45, 2.75) is 66.8 Å². The Labute approximate surface area is 144 Å². The molecule has 132 valence electrons. The molecule has 0 aromatic carbocycles. The fraction of sp³-hybridized carbons (Fsp3) is 0.619. The highest BCUT2D eigenvalue weighted by molar-refractivity contribution is 5.39. The van der Waals surface area contributed by atoms with Crippen LogP contribution in [0.1, 0.15) is 60.8 Å². The standard InChI is InChI=1S/C21H37NO/c1-9-15-21(6,7)20(14-16-22-17(4)10-2)19(11-3)13-12-18(5)23-8/h9,11,14-15,17,22H,5,10,12-13,16H2,1-4,6-8H3/b15-9-,19-11+,20-14+. The maximum atomic E-state index is 5.22. The van der Waals surface area contributed by atoms with Crippen LogP contribution >= 0.6 is 0 Å². The Balaban J connectivity index is 5.30. The number of methoxy groups -OCH3 is 1. The van der Waals surface area contributed by atoms with Gasteiger partial charge in [0.15, 0.2) is 0 Å². The summed E-state index contributed by atoms with van der Waals surface area (Å²) in [5.41, 5.74) is 2.78. The summed E-state index contributed by atoms with van der Waals surface area (Å²) in [7, 11) is 1.69. The zero-order chi connectivity index (χ0) is 17.9. The third kappa shape index (κ3) is 8.22. The molecule has 0 spiro atoms. The second-order valence-corrected chi connectivity index (χ2v) is 6.61. The van der Waals surface area contributed by atoms with E-state index in [1.54, 1.807) is 7.11 Å². The minimum absolute atomic E-state index is 0.0160. The number of hydrogen-bond acceptors (Lipinski definition) is 2. The molecule has 0 radical (unpaired) electrons. The largest absolute Gasteiger partial charge is 0.502 e. The first kappa shape index (κ1) is 21.7. The van der Waals surface area contributed by atoms with Gasteiger partial charge in [0, 0.05) is 24.4 Å². The third-order valence-electron chi connectivity index (χ3n) is 4.32. The molecular weight excluding hydrogens is 282 g/mol. The minimum atomic E-state index is 0.0160. The van der Waals surface area contributed by atoms with E-state index in [9.17, 15) is 0 Å². The quantitative estimate of drug-likeness (QED) is 0.296. The van der Waals surface area contributed by atoms with Gasteiger partial charge >= 0.3 is 0 Å². The van der Waals surface area contributed by atoms with Crippen LogP contribution in [-0.2, 0) is 4.74 Å². The lowest BCUT2D eigenvalue weighted by Crippen LogP contribution is -2.26. The smallest absolute Gasteiger partial charge is 0.0887 e. The molecular formula is C21H37NO. The molecule has 23 heavy (non-hydrogen) atoms. The van der Waals surface area contributed by atoms with E-state index in [1.807, 2.05) is 0 Å². The summed E-state index contributed by atoms with van der Waals surface area (Å²) in [6.45, 7) is 18.0. The van der Waals surface area contributed by atoms with Crippen LogP contribution in [0.3, 0.4) is 0 Å². The summed E-state index contributed by atoms with van der Waals surface area (Å²) >= 11 is 0. The Hall–Kier alpha value is -1.28. The van der Waals surface area contributed by atoms with Crippen molar-refractivity contribution in [2.75, 3.05) is 13.7 Å². The number of nitrogens with one attached hydrogen (secondary N) is 1. The fourth-order valence-corrected chi connectivity index (χ4v) is 2.63. The predicted octanol–water partition coefficient (Wildman–Crippen LogP) is 5.79. The van der Waals surface area contributed by atoms with Crippen LogP contribution in [0.15, 0.2) is 47.8 Å². The van der Waals surface area contributed by atoms with Crippen molar-refractivity contribution in [3.63, 3.8) is 0 Å². The zero-order valence-electron chi connectivity index (χ0n) is 16.3. The average molecular weight is 320 g/mol. The number of ether oxygens (including phenoxy) is 1. The molecule has 0 saturated carbocycles. The molecule has 0 bridgehead atoms. The molecule has 0 heterocycles. The van der Waals surface area contributed by atoms with Crippen molar-refractivity contribution >= 4 is 0 Å². The van der Waals surface area contributed by atoms with E-state index in [-0.39, 0.29) is 5.41 Å². The molecule has 1 N–H and O–H groups in total. The third-order valence-corrected chi connectivity index (χ3v) is 4.32. The van der Waals surface area contributed by atoms with E-state index in [1.165, 1.54) is 11.1 Å². The SMILES string of the molecule is C=C(CCC(=C\C)/C(=C\CNC(C)CC)C(C)(C)/C=C\C)OC. The van der Waals surface area contributed by atoms with Gasteiger partial charge in [0.25, 0.3) is 0 Å². The molecule has 2 nitrogen and oxygen atoms in total. The summed E-state index contributed by atoms with van der Waals surface area (Å²) < 4.78 is 5.22. The Bertz CT molecular complexity index is 441. The summed E-state index contributed by atoms with van der Waals surface area (Å²) in [5.74, 6) is 0.838. The van der Waals surface area contributed by atoms with Crippen molar-refractivity contribution in [1.29, 1.82) is 0 Å². The zero-order valence-corrected chi connectivity index (χ0v) is 16.3. The fourth-order valence-electron chi connectivity index (χ4n) is 2.63. The van der Waals surface area contributed by atoms with Gasteiger partial charge in [0.2, 0.25) is 0 Å². The van der Waals surface area contributed by atoms with Crippen LogP contribution < -0.4 is 5.32 Å². The normalized spacial score (nSPS) is 15.1. The molecule has 0 aliphatic rings. The molecule has 0 fully saturated rings. The Kier molecular flexibility index (Phi) is 10.7. The monoisotopic (exact) mass is 319 g/mol. The summed E-state index contributed by atoms with van der Waals surface area (Å²) in [6.07, 6.45) is 11.9. The van der Waals surface area contributed by atoms with Crippen molar-refractivity contribution in [3.8, 4) is 0 Å². The Morgan fingerprint density at radius 2 is 1.91 bits per heavy atom. The van der Waals surface area contributed by atoms with Gasteiger partial charge in [-0.3, -0.25) is 0 Å². The number of hydrogen-bond donors (Lipinski definition) is 1. The van der Waals surface area contributed by atoms with Crippen molar-refractivity contribution in [3.05, 3.63) is 47.8 Å². The summed E-state index contributed by atoms with van der Waals surface area (Å²) in [5, 5.41) is 3.56. The van der Waals surface area contributed by atoms with E-state index in [2.05, 4.69) is 77.7 Å². The highest BCUT2D eigenvalue weighted by atomic mass is 16.5. The molecule has 0 aliphatic heterocycles. The van der Waals surface area contributed by atoms with E-state index in [0.717, 1.165) is 31.6 Å². The van der Waals surface area contributed by atoms with Crippen LogP contribution in [0, 0.1) is 5.41 Å². The highest BCUT2D eigenvalue weighted by Gasteiger charge is 2.22. The van der Waals surface area contributed by atoms with Gasteiger partial charge in [0.1, 0.15) is 0 Å². The minimum Gasteiger partial charge on any atom is -0.502 e. The first-order valence-corrected chi connectivity index (χ1v) is 8.77. The van der Waals surface area contributed by atoms with Crippen molar-refractivity contribution in [2.24, 2.45) is 5.41 Å². The Morgan fingerprint density at radius 1 is 1.26 bits per heavy atom. The van der Waals surface area contributed by atoms with Gasteiger partial charge in [-0.2, -0.15) is 0 Å². The molecule has 1 unspecified atom stereocenters. The van der Waals surface area contributed by atoms with Crippen LogP contribution in [0.2, 0.25) is 0 Å². The van der Waals surface area contributed by atoms with Gasteiger partial charge in [-0.25, -0.2) is 0 Å². The van der Waals surface area contributed by atoms with Crippen LogP contribution in [0.5, 0.6) is 0 Å². The maximum Gasteiger partial charge on any atom is 0.0887 e. The lowest BCUT2D eigenvalue weighted by molar-refractivity contribution is 0.279. The van der Waals surface area contributed by atoms with Crippen molar-refractivity contribution < 1.29 is 4.74 Å². The topological polar surface area (TPSA) is 21.3 Å². The van der Waals surface area contributed by atoms with Gasteiger partial charge in [-0.15, -0.1) is 0 Å². The molecule has 0 aliphatic carbocycles. The van der Waals surface area contributed by atoms with Crippen LogP contribution in [-0.4, -0.2) is 19.7 Å². The molecule has 0 aromatic heterocycles. The number of rotatable bonds is 11. The van der Waals surface area contributed by atoms with Gasteiger partial charge in [-0.05, 0) is 44.8 Å². The lowest BCUT2D eigenvalue weighted by Gasteiger charge is -2.28. The van der Waals surface area contributed by atoms with E-state index in [0.29, 0.717) is 6.04 Å². The van der Waals surface area contributed by atoms with Gasteiger partial charge < -0.3 is 10.1 Å². The molecule has 0 amide bonds. The van der Waals surface area contributed by atoms with Gasteiger partial charge in [-0.1, -0.05) is 51.7 Å². The van der Waals surface area contributed by atoms with E-state index >= 15 is 0 Å². The van der Waals surface area contributed by atoms with E-state index in [4.69, 9.17) is 4.74 Å². The van der Waals surface area contributed by atoms with E-state index < -0.39 is 0 Å². The molecule has 0 rings (SSSR count). The number of allylic oxidation sites excluding steroid dienone is 6. The van der Waals surface area contributed by atoms with Crippen molar-refractivity contribution in [1.82, 2.24) is 5.32 Å². The Morgan fingerprint density at radius 3 is 2.39 bits per heavy atom. The molecule has 2 heteroatoms. The summed E-state index contributed by atoms with van der Waals surface area (Å²) in [6, 6.07) is 0.541. The van der Waals surface area contributed by atoms with Crippen LogP contribution in [0.4, 0.5) is 0 Å². The molecule has 0 aromatic rings. The average Bonchev–Trinajstić information content (AvgIpc) is 2.52. The predicted molar refractivity (Wildman–Crippen MR) is 104 cm³/mol.